The molecule has 8 nitrogen and oxygen atoms in total. The van der Waals surface area contributed by atoms with Crippen molar-refractivity contribution >= 4 is 29.9 Å². The number of nitrogens with zero attached hydrogens (tertiary/aromatic N) is 3. The number of amides is 2. The number of carbonyl (C=O) groups excluding carboxylic acids is 2. The smallest absolute Gasteiger partial charge is 0.266 e. The lowest BCUT2D eigenvalue weighted by Gasteiger charge is -2.28. The second kappa shape index (κ2) is 15.7. The van der Waals surface area contributed by atoms with Crippen molar-refractivity contribution in [2.24, 2.45) is 5.73 Å². The fourth-order valence-electron chi connectivity index (χ4n) is 4.72. The van der Waals surface area contributed by atoms with Crippen LogP contribution in [0.2, 0.25) is 0 Å². The molecule has 2 amide bonds. The van der Waals surface area contributed by atoms with Crippen molar-refractivity contribution in [2.75, 3.05) is 25.0 Å². The molecular weight excluding hydrogens is 550 g/mol. The first kappa shape index (κ1) is 32.2. The molecular formula is C33H38ClN5O3. The molecule has 3 aromatic carbocycles. The zero-order valence-electron chi connectivity index (χ0n) is 24.0. The number of hydrogen-bond donors (Lipinski definition) is 2. The predicted molar refractivity (Wildman–Crippen MR) is 169 cm³/mol. The first-order valence-electron chi connectivity index (χ1n) is 14.0. The summed E-state index contributed by atoms with van der Waals surface area (Å²) in [6.45, 7) is 5.54. The van der Waals surface area contributed by atoms with E-state index in [0.29, 0.717) is 49.6 Å². The highest BCUT2D eigenvalue weighted by molar-refractivity contribution is 6.03. The Hall–Kier alpha value is -4.27. The predicted octanol–water partition coefficient (Wildman–Crippen LogP) is 5.26. The third kappa shape index (κ3) is 8.15. The number of aryl methyl sites for hydroxylation is 1. The van der Waals surface area contributed by atoms with E-state index in [9.17, 15) is 14.4 Å². The number of halogens is 1. The molecule has 4 aromatic rings. The van der Waals surface area contributed by atoms with Gasteiger partial charge >= 0.3 is 0 Å². The monoisotopic (exact) mass is 587 g/mol. The average molecular weight is 588 g/mol. The van der Waals surface area contributed by atoms with E-state index in [1.165, 1.54) is 6.20 Å². The third-order valence-corrected chi connectivity index (χ3v) is 7.05. The zero-order chi connectivity index (χ0) is 29.2. The number of benzene rings is 3. The van der Waals surface area contributed by atoms with Crippen LogP contribution in [-0.2, 0) is 6.54 Å². The second-order valence-electron chi connectivity index (χ2n) is 10.1. The lowest BCUT2D eigenvalue weighted by Crippen LogP contribution is -2.39. The van der Waals surface area contributed by atoms with Gasteiger partial charge in [-0.25, -0.2) is 4.98 Å². The number of hydrogen-bond acceptors (Lipinski definition) is 5. The molecule has 4 rings (SSSR count). The number of anilines is 1. The van der Waals surface area contributed by atoms with Gasteiger partial charge in [-0.05, 0) is 56.1 Å². The minimum absolute atomic E-state index is 0. The maximum atomic E-state index is 13.9. The maximum Gasteiger partial charge on any atom is 0.266 e. The van der Waals surface area contributed by atoms with Crippen molar-refractivity contribution in [3.05, 3.63) is 130 Å². The molecule has 3 N–H and O–H groups in total. The van der Waals surface area contributed by atoms with Crippen molar-refractivity contribution < 1.29 is 9.59 Å². The highest BCUT2D eigenvalue weighted by atomic mass is 35.5. The summed E-state index contributed by atoms with van der Waals surface area (Å²) in [5, 5.41) is 2.79. The molecule has 0 aliphatic heterocycles. The van der Waals surface area contributed by atoms with Crippen LogP contribution in [0.3, 0.4) is 0 Å². The van der Waals surface area contributed by atoms with Gasteiger partial charge in [-0.3, -0.25) is 19.0 Å². The number of aromatic nitrogens is 2. The fourth-order valence-corrected chi connectivity index (χ4v) is 4.72. The summed E-state index contributed by atoms with van der Waals surface area (Å²) in [7, 11) is 0. The van der Waals surface area contributed by atoms with Gasteiger partial charge in [0.25, 0.3) is 17.4 Å². The van der Waals surface area contributed by atoms with E-state index in [-0.39, 0.29) is 36.3 Å². The van der Waals surface area contributed by atoms with E-state index in [1.807, 2.05) is 86.6 Å². The molecule has 0 saturated heterocycles. The number of carbonyl (C=O) groups is 2. The van der Waals surface area contributed by atoms with Crippen LogP contribution < -0.4 is 16.6 Å². The molecule has 0 fully saturated rings. The molecule has 1 heterocycles. The molecule has 42 heavy (non-hydrogen) atoms. The second-order valence-corrected chi connectivity index (χ2v) is 10.1. The van der Waals surface area contributed by atoms with Crippen LogP contribution in [0.1, 0.15) is 63.4 Å². The van der Waals surface area contributed by atoms with Crippen LogP contribution in [0.15, 0.2) is 95.9 Å². The Bertz CT molecular complexity index is 1510. The Balaban J connectivity index is 0.00000484. The van der Waals surface area contributed by atoms with E-state index < -0.39 is 11.5 Å². The van der Waals surface area contributed by atoms with Crippen LogP contribution in [0, 0.1) is 6.92 Å². The van der Waals surface area contributed by atoms with Crippen LogP contribution in [0.5, 0.6) is 0 Å². The summed E-state index contributed by atoms with van der Waals surface area (Å²) in [6.07, 6.45) is 2.64. The zero-order valence-corrected chi connectivity index (χ0v) is 24.8. The highest BCUT2D eigenvalue weighted by Gasteiger charge is 2.26. The van der Waals surface area contributed by atoms with Crippen molar-refractivity contribution in [3.63, 3.8) is 0 Å². The van der Waals surface area contributed by atoms with E-state index in [2.05, 4.69) is 10.3 Å². The van der Waals surface area contributed by atoms with Gasteiger partial charge in [-0.15, -0.1) is 12.4 Å². The van der Waals surface area contributed by atoms with Gasteiger partial charge in [0.1, 0.15) is 11.4 Å². The molecule has 1 unspecified atom stereocenters. The molecule has 1 atom stereocenters. The van der Waals surface area contributed by atoms with Gasteiger partial charge < -0.3 is 16.0 Å². The number of nitrogens with one attached hydrogen (secondary N) is 1. The molecule has 1 aromatic heterocycles. The standard InChI is InChI=1S/C33H37N5O3.ClH/c1-3-26(23-37(20-10-19-34)32(40)27-17-15-24(2)16-18-27)30-35-21-29(31(39)36-28-13-8-5-9-14-28)33(41)38(30)22-25-11-6-4-7-12-25;/h4-9,11-18,21,26H,3,10,19-20,22-23,34H2,1-2H3,(H,36,39);1H. The summed E-state index contributed by atoms with van der Waals surface area (Å²) < 4.78 is 1.57. The molecule has 0 aliphatic rings. The third-order valence-electron chi connectivity index (χ3n) is 7.05. The number of nitrogens with two attached hydrogens (primary N) is 1. The molecule has 0 saturated carbocycles. The molecule has 0 bridgehead atoms. The number of para-hydroxylation sites is 1. The van der Waals surface area contributed by atoms with Gasteiger partial charge in [0.15, 0.2) is 0 Å². The summed E-state index contributed by atoms with van der Waals surface area (Å²) in [5.74, 6) is -0.321. The number of rotatable bonds is 12. The van der Waals surface area contributed by atoms with Gasteiger partial charge in [0, 0.05) is 36.5 Å². The summed E-state index contributed by atoms with van der Waals surface area (Å²) in [6, 6.07) is 26.1. The van der Waals surface area contributed by atoms with Crippen molar-refractivity contribution in [2.45, 2.75) is 39.2 Å². The van der Waals surface area contributed by atoms with Crippen molar-refractivity contribution in [1.29, 1.82) is 0 Å². The van der Waals surface area contributed by atoms with Crippen LogP contribution in [-0.4, -0.2) is 45.9 Å². The summed E-state index contributed by atoms with van der Waals surface area (Å²) >= 11 is 0. The van der Waals surface area contributed by atoms with E-state index in [4.69, 9.17) is 5.73 Å². The summed E-state index contributed by atoms with van der Waals surface area (Å²) in [5.41, 5.74) is 8.51. The maximum absolute atomic E-state index is 13.9. The van der Waals surface area contributed by atoms with E-state index in [1.54, 1.807) is 21.6 Å². The first-order chi connectivity index (χ1) is 19.9. The van der Waals surface area contributed by atoms with E-state index in [0.717, 1.165) is 11.1 Å². The van der Waals surface area contributed by atoms with Crippen molar-refractivity contribution in [1.82, 2.24) is 14.5 Å². The minimum Gasteiger partial charge on any atom is -0.338 e. The fraction of sp³-hybridized carbons (Fsp3) is 0.273. The Morgan fingerprint density at radius 2 is 1.62 bits per heavy atom. The largest absolute Gasteiger partial charge is 0.338 e. The Morgan fingerprint density at radius 1 is 0.976 bits per heavy atom. The van der Waals surface area contributed by atoms with Crippen molar-refractivity contribution in [3.8, 4) is 0 Å². The lowest BCUT2D eigenvalue weighted by atomic mass is 10.0. The topological polar surface area (TPSA) is 110 Å². The summed E-state index contributed by atoms with van der Waals surface area (Å²) in [4.78, 5) is 47.0. The molecule has 9 heteroatoms. The normalized spacial score (nSPS) is 11.3. The quantitative estimate of drug-likeness (QED) is 0.235. The van der Waals surface area contributed by atoms with Gasteiger partial charge in [0.05, 0.1) is 6.54 Å². The molecule has 0 aliphatic carbocycles. The van der Waals surface area contributed by atoms with Gasteiger partial charge in [-0.1, -0.05) is 73.2 Å². The average Bonchev–Trinajstić information content (AvgIpc) is 2.99. The Morgan fingerprint density at radius 3 is 2.24 bits per heavy atom. The highest BCUT2D eigenvalue weighted by Crippen LogP contribution is 2.21. The molecule has 0 radical (unpaired) electrons. The van der Waals surface area contributed by atoms with Crippen LogP contribution in [0.4, 0.5) is 5.69 Å². The minimum atomic E-state index is -0.519. The first-order valence-corrected chi connectivity index (χ1v) is 14.0. The molecule has 220 valence electrons. The molecule has 0 spiro atoms. The Kier molecular flexibility index (Phi) is 12.0. The lowest BCUT2D eigenvalue weighted by molar-refractivity contribution is 0.0740. The van der Waals surface area contributed by atoms with E-state index >= 15 is 0 Å². The van der Waals surface area contributed by atoms with Crippen LogP contribution >= 0.6 is 12.4 Å². The van der Waals surface area contributed by atoms with Crippen LogP contribution in [0.25, 0.3) is 0 Å². The SMILES string of the molecule is CCC(CN(CCCN)C(=O)c1ccc(C)cc1)c1ncc(C(=O)Nc2ccccc2)c(=O)n1Cc1ccccc1.Cl. The van der Waals surface area contributed by atoms with Gasteiger partial charge in [0.2, 0.25) is 0 Å². The van der Waals surface area contributed by atoms with Gasteiger partial charge in [-0.2, -0.15) is 0 Å². The Labute approximate surface area is 253 Å².